The molecule has 14 rings (SSSR count). The SMILES string of the molecule is C[Si]1(/C=C/c2ccc(Br)cc2)O[Si](O[SiH3])(c2ccccc2)O[Si@]2(c3ccccc3)O[Si]3(c4ccccc4)O[SiH](c4ccccc4)O[Si]4(c5ccccc5)O[Si](c5ccccc5)(O1)O[Si@@](c1ccccc1)(O[Si](c1ccccc1)(O[Si](C)(/C=C/c1ccc(Br)cc1)O3)O4)O2. The minimum atomic E-state index is -5.31. The van der Waals surface area contributed by atoms with Gasteiger partial charge in [-0.05, 0) is 65.1 Å². The Morgan fingerprint density at radius 1 is 0.301 bits per heavy atom. The zero-order valence-corrected chi connectivity index (χ0v) is 65.9. The van der Waals surface area contributed by atoms with Crippen molar-refractivity contribution in [2.75, 3.05) is 0 Å². The lowest BCUT2D eigenvalue weighted by Crippen LogP contribution is -2.89. The Balaban J connectivity index is 1.23. The predicted octanol–water partition coefficient (Wildman–Crippen LogP) is 7.78. The van der Waals surface area contributed by atoms with Gasteiger partial charge in [0.05, 0.1) is 0 Å². The highest BCUT2D eigenvalue weighted by Gasteiger charge is 2.79. The van der Waals surface area contributed by atoms with Crippen LogP contribution in [0.2, 0.25) is 13.1 Å². The molecule has 93 heavy (non-hydrogen) atoms. The zero-order valence-electron chi connectivity index (χ0n) is 50.6. The molecule has 0 saturated carbocycles. The fraction of sp³-hybridized carbons (Fsp3) is 0.0303. The van der Waals surface area contributed by atoms with Gasteiger partial charge in [0.1, 0.15) is 10.5 Å². The van der Waals surface area contributed by atoms with Crippen LogP contribution in [0.15, 0.2) is 312 Å². The summed E-state index contributed by atoms with van der Waals surface area (Å²) in [7, 11) is -48.1. The Kier molecular flexibility index (Phi) is 18.7. The van der Waals surface area contributed by atoms with E-state index in [4.69, 9.17) is 57.6 Å². The molecular formula is C66H62Br2O14Si11. The molecule has 10 aromatic carbocycles. The van der Waals surface area contributed by atoms with Crippen LogP contribution in [0.1, 0.15) is 11.1 Å². The molecule has 8 unspecified atom stereocenters. The average molecular weight is 1550 g/mol. The van der Waals surface area contributed by atoms with Gasteiger partial charge in [-0.1, -0.05) is 311 Å². The Morgan fingerprint density at radius 3 is 0.903 bits per heavy atom. The number of halogens is 2. The lowest BCUT2D eigenvalue weighted by Gasteiger charge is -2.57. The van der Waals surface area contributed by atoms with Crippen LogP contribution in [0.25, 0.3) is 12.2 Å². The van der Waals surface area contributed by atoms with Crippen molar-refractivity contribution in [1.29, 1.82) is 0 Å². The Hall–Kier alpha value is -5.53. The zero-order chi connectivity index (χ0) is 63.7. The lowest BCUT2D eigenvalue weighted by atomic mass is 10.2. The molecule has 4 fully saturated rings. The first-order chi connectivity index (χ1) is 45.2. The van der Waals surface area contributed by atoms with Crippen molar-refractivity contribution in [1.82, 2.24) is 0 Å². The third-order valence-electron chi connectivity index (χ3n) is 15.9. The van der Waals surface area contributed by atoms with E-state index in [1.165, 1.54) is 0 Å². The molecular weight excluding hydrogens is 1490 g/mol. The number of hydrogen-bond acceptors (Lipinski definition) is 14. The molecule has 0 amide bonds. The molecule has 10 aromatic rings. The summed E-state index contributed by atoms with van der Waals surface area (Å²) in [5.41, 5.74) is 5.72. The summed E-state index contributed by atoms with van der Waals surface area (Å²) in [6.07, 6.45) is 4.01. The van der Waals surface area contributed by atoms with Crippen LogP contribution in [-0.2, 0) is 57.6 Å². The van der Waals surface area contributed by atoms with E-state index in [9.17, 15) is 0 Å². The number of benzene rings is 10. The molecule has 0 N–H and O–H groups in total. The van der Waals surface area contributed by atoms with Crippen LogP contribution in [0.5, 0.6) is 0 Å². The van der Waals surface area contributed by atoms with Gasteiger partial charge in [-0.2, -0.15) is 0 Å². The normalized spacial score (nSPS) is 30.6. The molecule has 4 aliphatic rings. The maximum absolute atomic E-state index is 8.69. The van der Waals surface area contributed by atoms with Gasteiger partial charge in [0, 0.05) is 45.3 Å². The Bertz CT molecular complexity index is 4260. The van der Waals surface area contributed by atoms with E-state index >= 15 is 0 Å². The largest absolute Gasteiger partial charge is 0.515 e. The monoisotopic (exact) mass is 1540 g/mol. The molecule has 6 bridgehead atoms. The van der Waals surface area contributed by atoms with Crippen molar-refractivity contribution in [2.45, 2.75) is 13.1 Å². The maximum Gasteiger partial charge on any atom is 0.515 e. The quantitative estimate of drug-likeness (QED) is 0.104. The van der Waals surface area contributed by atoms with E-state index in [1.54, 1.807) is 0 Å². The summed E-state index contributed by atoms with van der Waals surface area (Å²) in [5, 5.41) is 4.39. The number of hydrogen-bond donors (Lipinski definition) is 0. The minimum Gasteiger partial charge on any atom is -0.422 e. The second-order valence-corrected chi connectivity index (χ2v) is 54.8. The van der Waals surface area contributed by atoms with E-state index in [-0.39, 0.29) is 10.5 Å². The van der Waals surface area contributed by atoms with Crippen molar-refractivity contribution < 1.29 is 57.6 Å². The van der Waals surface area contributed by atoms with Crippen LogP contribution in [-0.4, -0.2) is 98.5 Å². The average Bonchev–Trinajstić information content (AvgIpc) is 0.691. The highest BCUT2D eigenvalue weighted by molar-refractivity contribution is 9.10. The van der Waals surface area contributed by atoms with Crippen LogP contribution < -0.4 is 41.5 Å². The molecule has 0 radical (unpaired) electrons. The first-order valence-electron chi connectivity index (χ1n) is 30.1. The molecule has 4 heterocycles. The summed E-state index contributed by atoms with van der Waals surface area (Å²) < 4.78 is 120. The van der Waals surface area contributed by atoms with Crippen molar-refractivity contribution in [3.63, 3.8) is 0 Å². The summed E-state index contributed by atoms with van der Waals surface area (Å²) in [5.74, 6) is 0. The van der Waals surface area contributed by atoms with Gasteiger partial charge in [-0.15, -0.1) is 0 Å². The topological polar surface area (TPSA) is 129 Å². The van der Waals surface area contributed by atoms with Crippen molar-refractivity contribution in [3.05, 3.63) is 323 Å². The first kappa shape index (κ1) is 64.8. The van der Waals surface area contributed by atoms with Gasteiger partial charge in [-0.3, -0.25) is 0 Å². The first-order valence-corrected chi connectivity index (χ1v) is 50.9. The van der Waals surface area contributed by atoms with Crippen molar-refractivity contribution in [2.24, 2.45) is 0 Å². The molecule has 468 valence electrons. The smallest absolute Gasteiger partial charge is 0.422 e. The van der Waals surface area contributed by atoms with Gasteiger partial charge in [0.15, 0.2) is 0 Å². The minimum absolute atomic E-state index is 0.0688. The molecule has 4 saturated heterocycles. The molecule has 0 spiro atoms. The van der Waals surface area contributed by atoms with Crippen LogP contribution >= 0.6 is 31.9 Å². The fourth-order valence-corrected chi connectivity index (χ4v) is 65.6. The van der Waals surface area contributed by atoms with E-state index in [1.807, 2.05) is 328 Å². The summed E-state index contributed by atoms with van der Waals surface area (Å²) >= 11 is 7.34. The maximum atomic E-state index is 8.69. The summed E-state index contributed by atoms with van der Waals surface area (Å²) in [6, 6.07) is 94.1. The standard InChI is InChI=1S/C66H62Br2O14Si11/c1-85(53-51-55-43-47-57(67)48-44-55)72-87(69-83,60-29-13-4-14-30-60)76-92(65-39-23-9-24-40-65)77-88(61-31-15-5-16-32-61)70-84(59-27-11-3-12-28-59)71-89(62-33-17-6-18-34-62)78-90(74-85,63-35-19-7-20-36-63)80-93(82-92,66-41-25-10-26-42-66)81-91(79-89,64-37-21-8-22-38-64)75-86(2,73-88)54-52-56-45-49-58(68)50-46-56/h3-54,84H,1-2,83H3/b53-51+,54-52+/t84?,85?,86?,87?,88?,89?,90?,91?,92-,93+/m1/s1. The molecule has 0 aromatic heterocycles. The van der Waals surface area contributed by atoms with Crippen molar-refractivity contribution >= 4 is 184 Å². The lowest BCUT2D eigenvalue weighted by molar-refractivity contribution is 0.0568. The van der Waals surface area contributed by atoms with Crippen LogP contribution in [0.4, 0.5) is 0 Å². The summed E-state index contributed by atoms with van der Waals surface area (Å²) in [4.78, 5) is 0. The van der Waals surface area contributed by atoms with Crippen LogP contribution in [0, 0.1) is 0 Å². The summed E-state index contributed by atoms with van der Waals surface area (Å²) in [6.45, 7) is 3.96. The molecule has 10 atom stereocenters. The van der Waals surface area contributed by atoms with Gasteiger partial charge < -0.3 is 57.6 Å². The predicted molar refractivity (Wildman–Crippen MR) is 391 cm³/mol. The van der Waals surface area contributed by atoms with E-state index in [0.717, 1.165) is 20.1 Å². The third-order valence-corrected chi connectivity index (χ3v) is 58.9. The van der Waals surface area contributed by atoms with Gasteiger partial charge >= 0.3 is 88.0 Å². The molecule has 0 aliphatic carbocycles. The highest BCUT2D eigenvalue weighted by atomic mass is 79.9. The van der Waals surface area contributed by atoms with Crippen molar-refractivity contribution in [3.8, 4) is 0 Å². The van der Waals surface area contributed by atoms with Gasteiger partial charge in [0.2, 0.25) is 0 Å². The third kappa shape index (κ3) is 13.3. The second-order valence-electron chi connectivity index (χ2n) is 22.6. The number of fused-ring (bicyclic) bond motifs is 6. The van der Waals surface area contributed by atoms with E-state index in [0.29, 0.717) is 41.5 Å². The van der Waals surface area contributed by atoms with Gasteiger partial charge in [-0.25, -0.2) is 0 Å². The molecule has 4 aliphatic heterocycles. The second kappa shape index (κ2) is 26.8. The molecule has 27 heteroatoms. The van der Waals surface area contributed by atoms with Gasteiger partial charge in [0.25, 0.3) is 0 Å². The highest BCUT2D eigenvalue weighted by Crippen LogP contribution is 2.44. The van der Waals surface area contributed by atoms with E-state index < -0.39 is 88.0 Å². The van der Waals surface area contributed by atoms with E-state index in [2.05, 4.69) is 31.9 Å². The number of rotatable bonds is 13. The molecule has 14 nitrogen and oxygen atoms in total. The Morgan fingerprint density at radius 2 is 0.559 bits per heavy atom. The Labute approximate surface area is 572 Å². The van der Waals surface area contributed by atoms with Crippen LogP contribution in [0.3, 0.4) is 0 Å². The fourth-order valence-electron chi connectivity index (χ4n) is 11.5.